The Hall–Kier alpha value is -2.32. The van der Waals surface area contributed by atoms with Crippen LogP contribution in [0.15, 0.2) is 53.4 Å². The number of nitrogens with zero attached hydrogens (tertiary/aromatic N) is 1. The Morgan fingerprint density at radius 1 is 1.15 bits per heavy atom. The minimum Gasteiger partial charge on any atom is -0.496 e. The van der Waals surface area contributed by atoms with Crippen molar-refractivity contribution in [2.75, 3.05) is 12.0 Å². The van der Waals surface area contributed by atoms with Crippen LogP contribution in [-0.2, 0) is 11.0 Å². The van der Waals surface area contributed by atoms with Crippen molar-refractivity contribution in [3.8, 4) is 5.75 Å². The smallest absolute Gasteiger partial charge is 0.416 e. The summed E-state index contributed by atoms with van der Waals surface area (Å²) in [5.74, 6) is 0.113. The van der Waals surface area contributed by atoms with E-state index in [2.05, 4.69) is 0 Å². The second kappa shape index (κ2) is 7.13. The van der Waals surface area contributed by atoms with Crippen molar-refractivity contribution >= 4 is 46.0 Å². The van der Waals surface area contributed by atoms with Crippen molar-refractivity contribution in [2.45, 2.75) is 6.18 Å². The number of para-hydroxylation sites is 1. The Bertz CT molecular complexity index is 909. The van der Waals surface area contributed by atoms with Gasteiger partial charge in [0.05, 0.1) is 23.3 Å². The number of hydrogen-bond acceptors (Lipinski definition) is 4. The third kappa shape index (κ3) is 3.61. The predicted octanol–water partition coefficient (Wildman–Crippen LogP) is 5.12. The average molecular weight is 395 g/mol. The molecule has 0 unspecified atom stereocenters. The summed E-state index contributed by atoms with van der Waals surface area (Å²) in [4.78, 5) is 14.1. The van der Waals surface area contributed by atoms with Gasteiger partial charge in [0.15, 0.2) is 4.32 Å². The zero-order valence-corrected chi connectivity index (χ0v) is 15.0. The summed E-state index contributed by atoms with van der Waals surface area (Å²) in [6, 6.07) is 11.6. The molecule has 0 aliphatic carbocycles. The lowest BCUT2D eigenvalue weighted by Crippen LogP contribution is -2.27. The van der Waals surface area contributed by atoms with Gasteiger partial charge in [-0.05, 0) is 30.3 Å². The number of benzene rings is 2. The lowest BCUT2D eigenvalue weighted by Gasteiger charge is -2.16. The average Bonchev–Trinajstić information content (AvgIpc) is 2.88. The fourth-order valence-corrected chi connectivity index (χ4v) is 3.73. The number of amides is 1. The zero-order chi connectivity index (χ0) is 18.9. The summed E-state index contributed by atoms with van der Waals surface area (Å²) >= 11 is 6.24. The molecule has 3 rings (SSSR count). The highest BCUT2D eigenvalue weighted by molar-refractivity contribution is 8.27. The number of alkyl halides is 3. The summed E-state index contributed by atoms with van der Waals surface area (Å²) < 4.78 is 44.2. The molecule has 2 aromatic rings. The topological polar surface area (TPSA) is 29.5 Å². The maximum absolute atomic E-state index is 12.9. The first-order valence-corrected chi connectivity index (χ1v) is 8.62. The van der Waals surface area contributed by atoms with Crippen molar-refractivity contribution in [1.29, 1.82) is 0 Å². The third-order valence-electron chi connectivity index (χ3n) is 3.65. The van der Waals surface area contributed by atoms with Gasteiger partial charge in [-0.1, -0.05) is 48.2 Å². The highest BCUT2D eigenvalue weighted by Gasteiger charge is 2.36. The fraction of sp³-hybridized carbons (Fsp3) is 0.111. The quantitative estimate of drug-likeness (QED) is 0.533. The largest absolute Gasteiger partial charge is 0.496 e. The summed E-state index contributed by atoms with van der Waals surface area (Å²) in [7, 11) is 1.51. The van der Waals surface area contributed by atoms with Gasteiger partial charge in [0.25, 0.3) is 5.91 Å². The van der Waals surface area contributed by atoms with Gasteiger partial charge in [0.2, 0.25) is 0 Å². The first-order valence-electron chi connectivity index (χ1n) is 7.39. The van der Waals surface area contributed by atoms with E-state index < -0.39 is 17.6 Å². The number of anilines is 1. The summed E-state index contributed by atoms with van der Waals surface area (Å²) in [5, 5.41) is 0. The van der Waals surface area contributed by atoms with E-state index in [-0.39, 0.29) is 10.0 Å². The molecular weight excluding hydrogens is 383 g/mol. The van der Waals surface area contributed by atoms with Crippen LogP contribution in [0, 0.1) is 0 Å². The van der Waals surface area contributed by atoms with Crippen LogP contribution < -0.4 is 9.64 Å². The molecule has 0 spiro atoms. The molecule has 8 heteroatoms. The highest BCUT2D eigenvalue weighted by Crippen LogP contribution is 2.39. The molecule has 1 aliphatic heterocycles. The molecule has 0 N–H and O–H groups in total. The molecule has 2 aromatic carbocycles. The Kier molecular flexibility index (Phi) is 5.06. The van der Waals surface area contributed by atoms with E-state index in [0.717, 1.165) is 28.8 Å². The van der Waals surface area contributed by atoms with E-state index in [0.29, 0.717) is 16.2 Å². The van der Waals surface area contributed by atoms with Gasteiger partial charge < -0.3 is 4.74 Å². The number of ether oxygens (including phenoxy) is 1. The highest BCUT2D eigenvalue weighted by atomic mass is 32.2. The zero-order valence-electron chi connectivity index (χ0n) is 13.4. The van der Waals surface area contributed by atoms with Gasteiger partial charge in [-0.15, -0.1) is 0 Å². The molecule has 0 aromatic heterocycles. The van der Waals surface area contributed by atoms with Crippen LogP contribution in [0.4, 0.5) is 18.9 Å². The normalized spacial score (nSPS) is 16.5. The van der Waals surface area contributed by atoms with Gasteiger partial charge in [0, 0.05) is 5.56 Å². The van der Waals surface area contributed by atoms with Crippen molar-refractivity contribution in [3.63, 3.8) is 0 Å². The molecule has 26 heavy (non-hydrogen) atoms. The molecule has 0 bridgehead atoms. The molecular formula is C18H12F3NO2S2. The van der Waals surface area contributed by atoms with Gasteiger partial charge in [-0.3, -0.25) is 9.69 Å². The van der Waals surface area contributed by atoms with Crippen LogP contribution in [0.5, 0.6) is 5.75 Å². The molecule has 1 heterocycles. The van der Waals surface area contributed by atoms with Gasteiger partial charge in [0.1, 0.15) is 5.75 Å². The first-order chi connectivity index (χ1) is 12.3. The van der Waals surface area contributed by atoms with Crippen molar-refractivity contribution < 1.29 is 22.7 Å². The number of halogens is 3. The monoisotopic (exact) mass is 395 g/mol. The minimum atomic E-state index is -4.50. The second-order valence-electron chi connectivity index (χ2n) is 5.31. The van der Waals surface area contributed by atoms with E-state index in [1.807, 2.05) is 0 Å². The van der Waals surface area contributed by atoms with Crippen LogP contribution in [-0.4, -0.2) is 17.3 Å². The van der Waals surface area contributed by atoms with Crippen LogP contribution in [0.25, 0.3) is 6.08 Å². The number of thiocarbonyl (C=S) groups is 1. The molecule has 0 radical (unpaired) electrons. The van der Waals surface area contributed by atoms with Crippen LogP contribution in [0.1, 0.15) is 11.1 Å². The van der Waals surface area contributed by atoms with Crippen molar-refractivity contribution in [1.82, 2.24) is 0 Å². The Balaban J connectivity index is 1.96. The Morgan fingerprint density at radius 2 is 1.88 bits per heavy atom. The van der Waals surface area contributed by atoms with Crippen molar-refractivity contribution in [2.24, 2.45) is 0 Å². The summed E-state index contributed by atoms with van der Waals surface area (Å²) in [6.45, 7) is 0. The van der Waals surface area contributed by atoms with E-state index in [9.17, 15) is 18.0 Å². The van der Waals surface area contributed by atoms with E-state index in [1.54, 1.807) is 30.3 Å². The van der Waals surface area contributed by atoms with Crippen LogP contribution >= 0.6 is 24.0 Å². The molecule has 1 fully saturated rings. The molecule has 0 atom stereocenters. The van der Waals surface area contributed by atoms with E-state index in [1.165, 1.54) is 19.2 Å². The summed E-state index contributed by atoms with van der Waals surface area (Å²) in [6.07, 6.45) is -2.88. The minimum absolute atomic E-state index is 0.0887. The number of rotatable bonds is 3. The third-order valence-corrected chi connectivity index (χ3v) is 4.95. The molecule has 1 saturated heterocycles. The maximum atomic E-state index is 12.9. The first kappa shape index (κ1) is 18.5. The lowest BCUT2D eigenvalue weighted by atomic mass is 10.1. The van der Waals surface area contributed by atoms with Gasteiger partial charge >= 0.3 is 6.18 Å². The van der Waals surface area contributed by atoms with Crippen LogP contribution in [0.2, 0.25) is 0 Å². The fourth-order valence-electron chi connectivity index (χ4n) is 2.44. The molecule has 0 saturated carbocycles. The summed E-state index contributed by atoms with van der Waals surface area (Å²) in [5.41, 5.74) is -0.0666. The Morgan fingerprint density at radius 3 is 2.58 bits per heavy atom. The number of thioether (sulfide) groups is 1. The molecule has 3 nitrogen and oxygen atoms in total. The van der Waals surface area contributed by atoms with E-state index in [4.69, 9.17) is 17.0 Å². The van der Waals surface area contributed by atoms with Crippen molar-refractivity contribution in [3.05, 3.63) is 64.6 Å². The number of hydrogen-bond donors (Lipinski definition) is 0. The molecule has 1 aliphatic rings. The Labute approximate surface area is 157 Å². The standard InChI is InChI=1S/C18H12F3NO2S2/c1-24-14-8-3-2-5-11(14)9-15-16(23)22(17(25)26-15)13-7-4-6-12(10-13)18(19,20)21/h2-10H,1H3/b15-9-. The second-order valence-corrected chi connectivity index (χ2v) is 6.98. The SMILES string of the molecule is COc1ccccc1/C=C1\SC(=S)N(c2cccc(C(F)(F)F)c2)C1=O. The van der Waals surface area contributed by atoms with E-state index >= 15 is 0 Å². The lowest BCUT2D eigenvalue weighted by molar-refractivity contribution is -0.137. The van der Waals surface area contributed by atoms with Crippen LogP contribution in [0.3, 0.4) is 0 Å². The van der Waals surface area contributed by atoms with Gasteiger partial charge in [-0.2, -0.15) is 13.2 Å². The predicted molar refractivity (Wildman–Crippen MR) is 100 cm³/mol. The number of methoxy groups -OCH3 is 1. The molecule has 1 amide bonds. The molecule has 134 valence electrons. The maximum Gasteiger partial charge on any atom is 0.416 e. The number of carbonyl (C=O) groups excluding carboxylic acids is 1. The number of carbonyl (C=O) groups is 1. The van der Waals surface area contributed by atoms with Gasteiger partial charge in [-0.25, -0.2) is 0 Å².